The molecule has 0 spiro atoms. The number of hydrogen-bond acceptors (Lipinski definition) is 3. The lowest BCUT2D eigenvalue weighted by Crippen LogP contribution is -2.14. The van der Waals surface area contributed by atoms with Gasteiger partial charge in [-0.25, -0.2) is 0 Å². The SMILES string of the molecule is [2H]c1c([2H])c([2H])c2c(-c3cccc4oc5c6ccccc6ccc5c34)c3c([2H])c([2H])c([2H])c([2H])c3c(-c3ccc(-c4ccc5c(c4)-c4ccccc4C5(C)C)cc3)c2c1[2H].[2H]c1c([2H])c([2H])c2c(-c3cccc4oc5c6ccccc6ccc5c34)c3c([2H])c([2H])c([2H])c([2H])c3c(-c3cccc(-c4ccc5c(c4)-c4ccccc4C5(C)C)c3)c2c1[2H].[2H]c1c([2H])c([2H])c2c(-c3cccc4oc5c6ccccc6ccc5c34)c3c([2H])c([2H])c([2H])c([2H])c3c(-c3cccc4c3ccc3ccccc34)c2c1[2H]. The highest BCUT2D eigenvalue weighted by Crippen LogP contribution is 2.57. The third-order valence-corrected chi connectivity index (χ3v) is 31.3. The first kappa shape index (κ1) is 64.8. The van der Waals surface area contributed by atoms with Crippen molar-refractivity contribution in [3.05, 3.63) is 519 Å². The van der Waals surface area contributed by atoms with Crippen LogP contribution < -0.4 is 0 Å². The molecule has 0 N–H and O–H groups in total. The van der Waals surface area contributed by atoms with E-state index in [0.717, 1.165) is 97.8 Å². The summed E-state index contributed by atoms with van der Waals surface area (Å²) in [6.45, 7) is 8.96. The number of rotatable bonds is 8. The molecule has 30 aromatic rings. The lowest BCUT2D eigenvalue weighted by atomic mass is 9.82. The van der Waals surface area contributed by atoms with Gasteiger partial charge in [-0.1, -0.05) is 470 Å². The van der Waals surface area contributed by atoms with Gasteiger partial charge >= 0.3 is 0 Å². The fraction of sp³-hybridized carbons (Fsp3) is 0.0411. The average molecular weight is 1920 g/mol. The molecule has 3 heterocycles. The van der Waals surface area contributed by atoms with E-state index < -0.39 is 72.5 Å². The Balaban J connectivity index is 0.000000114. The van der Waals surface area contributed by atoms with Gasteiger partial charge in [0.25, 0.3) is 0 Å². The third-order valence-electron chi connectivity index (χ3n) is 31.3. The summed E-state index contributed by atoms with van der Waals surface area (Å²) in [6, 6.07) is 106. The number of furan rings is 3. The van der Waals surface area contributed by atoms with Crippen molar-refractivity contribution in [1.82, 2.24) is 0 Å². The molecule has 2 aliphatic carbocycles. The third kappa shape index (κ3) is 13.1. The van der Waals surface area contributed by atoms with Gasteiger partial charge < -0.3 is 13.3 Å². The van der Waals surface area contributed by atoms with Crippen molar-refractivity contribution in [1.29, 1.82) is 0 Å². The summed E-state index contributed by atoms with van der Waals surface area (Å²) in [5.74, 6) is 0. The molecule has 0 unspecified atom stereocenters. The molecule has 0 saturated carbocycles. The van der Waals surface area contributed by atoms with E-state index in [0.29, 0.717) is 116 Å². The van der Waals surface area contributed by atoms with Gasteiger partial charge in [-0.05, 0) is 290 Å². The van der Waals surface area contributed by atoms with Crippen LogP contribution in [0.4, 0.5) is 0 Å². The highest BCUT2D eigenvalue weighted by Gasteiger charge is 2.38. The molecule has 0 radical (unpaired) electrons. The maximum Gasteiger partial charge on any atom is 0.143 e. The summed E-state index contributed by atoms with van der Waals surface area (Å²) >= 11 is 0. The molecule has 3 nitrogen and oxygen atoms in total. The minimum atomic E-state index is -0.440. The molecule has 149 heavy (non-hydrogen) atoms. The second-order valence-electron chi connectivity index (χ2n) is 39.8. The molecular weight excluding hydrogens is 1800 g/mol. The Morgan fingerprint density at radius 1 is 0.161 bits per heavy atom. The monoisotopic (exact) mass is 1920 g/mol. The van der Waals surface area contributed by atoms with Gasteiger partial charge in [-0.15, -0.1) is 0 Å². The molecule has 3 heteroatoms. The molecule has 0 bridgehead atoms. The van der Waals surface area contributed by atoms with Gasteiger partial charge in [0.2, 0.25) is 0 Å². The van der Waals surface area contributed by atoms with Gasteiger partial charge in [0.15, 0.2) is 0 Å². The predicted molar refractivity (Wildman–Crippen MR) is 632 cm³/mol. The zero-order chi connectivity index (χ0) is 119. The van der Waals surface area contributed by atoms with Gasteiger partial charge in [0.05, 0.1) is 32.9 Å². The lowest BCUT2D eigenvalue weighted by molar-refractivity contribution is 0.660. The summed E-state index contributed by atoms with van der Waals surface area (Å²) in [7, 11) is 0. The van der Waals surface area contributed by atoms with Crippen LogP contribution in [0.2, 0.25) is 0 Å². The van der Waals surface area contributed by atoms with E-state index in [1.807, 2.05) is 261 Å². The van der Waals surface area contributed by atoms with Crippen molar-refractivity contribution in [2.45, 2.75) is 38.5 Å². The largest absolute Gasteiger partial charge is 0.455 e. The van der Waals surface area contributed by atoms with Crippen molar-refractivity contribution < 1.29 is 46.1 Å². The number of fused-ring (bicyclic) bond motifs is 30. The van der Waals surface area contributed by atoms with E-state index in [1.165, 1.54) is 38.9 Å². The Kier molecular flexibility index (Phi) is 14.5. The topological polar surface area (TPSA) is 39.4 Å². The lowest BCUT2D eigenvalue weighted by Gasteiger charge is -2.21. The normalized spacial score (nSPS) is 15.2. The molecule has 32 rings (SSSR count). The summed E-state index contributed by atoms with van der Waals surface area (Å²) in [4.78, 5) is 0. The molecule has 0 aliphatic heterocycles. The van der Waals surface area contributed by atoms with Crippen LogP contribution >= 0.6 is 0 Å². The molecule has 0 fully saturated rings. The zero-order valence-corrected chi connectivity index (χ0v) is 80.7. The van der Waals surface area contributed by atoms with Crippen molar-refractivity contribution in [2.24, 2.45) is 0 Å². The Hall–Kier alpha value is -18.8. The van der Waals surface area contributed by atoms with E-state index in [1.54, 1.807) is 6.07 Å². The second kappa shape index (κ2) is 33.4. The summed E-state index contributed by atoms with van der Waals surface area (Å²) in [6.07, 6.45) is 0. The van der Waals surface area contributed by atoms with Crippen LogP contribution in [0, 0.1) is 0 Å². The average Bonchev–Trinajstić information content (AvgIpc) is 1.67. The Morgan fingerprint density at radius 3 is 0.819 bits per heavy atom. The van der Waals surface area contributed by atoms with Crippen molar-refractivity contribution in [3.8, 4) is 111 Å². The molecule has 0 saturated heterocycles. The van der Waals surface area contributed by atoms with E-state index in [9.17, 15) is 16.4 Å². The summed E-state index contributed by atoms with van der Waals surface area (Å²) in [5, 5.41) is 15.8. The fourth-order valence-corrected chi connectivity index (χ4v) is 24.6. The summed E-state index contributed by atoms with van der Waals surface area (Å²) < 4.78 is 241. The Morgan fingerprint density at radius 2 is 0.423 bits per heavy atom. The Bertz CT molecular complexity index is 12300. The molecule has 0 atom stereocenters. The van der Waals surface area contributed by atoms with Gasteiger partial charge in [0.1, 0.15) is 33.5 Å². The molecule has 27 aromatic carbocycles. The first-order valence-corrected chi connectivity index (χ1v) is 49.9. The minimum Gasteiger partial charge on any atom is -0.455 e. The van der Waals surface area contributed by atoms with Crippen LogP contribution in [-0.4, -0.2) is 0 Å². The van der Waals surface area contributed by atoms with Gasteiger partial charge in [-0.3, -0.25) is 0 Å². The van der Waals surface area contributed by atoms with Crippen LogP contribution in [0.15, 0.2) is 510 Å². The highest BCUT2D eigenvalue weighted by atomic mass is 16.3. The van der Waals surface area contributed by atoms with Crippen LogP contribution in [0.1, 0.15) is 82.8 Å². The van der Waals surface area contributed by atoms with E-state index in [2.05, 4.69) is 113 Å². The van der Waals surface area contributed by atoms with Crippen LogP contribution in [0.3, 0.4) is 0 Å². The highest BCUT2D eigenvalue weighted by molar-refractivity contribution is 6.33. The van der Waals surface area contributed by atoms with Gasteiger partial charge in [0, 0.05) is 59.3 Å². The van der Waals surface area contributed by atoms with Crippen LogP contribution in [-0.2, 0) is 10.8 Å². The summed E-state index contributed by atoms with van der Waals surface area (Å²) in [5.41, 5.74) is 22.0. The van der Waals surface area contributed by atoms with E-state index >= 15 is 0 Å². The maximum absolute atomic E-state index is 9.55. The first-order valence-electron chi connectivity index (χ1n) is 61.9. The smallest absolute Gasteiger partial charge is 0.143 e. The number of benzene rings is 27. The van der Waals surface area contributed by atoms with Crippen LogP contribution in [0.25, 0.3) is 296 Å². The van der Waals surface area contributed by atoms with E-state index in [4.69, 9.17) is 29.7 Å². The molecule has 696 valence electrons. The standard InChI is InChI=1S/2C51H34O.C44H26O/c1-51(2)44-23-10-9-17-36(44)43-30-33(26-28-45(43)51)32-14-11-15-34(29-32)47-37-18-5-7-20-39(37)48(40-21-8-6-19-38(40)47)41-22-12-24-46-49(41)42-27-25-31-13-3-4-16-35(31)50(42)52-46;1-51(2)44-20-10-9-14-36(44)43-30-34(27-29-45(43)51)31-22-24-33(25-23-31)47-37-15-5-7-17-39(37)48(40-18-8-6-16-38(40)47)41-19-11-21-46-49(41)42-28-26-32-12-3-4-13-35(32)50(42)52-46;1-3-13-29-27(11-1)23-25-32-31(29)19-9-20-33(32)41-34-15-5-7-17-36(34)42(37-18-8-6-16-35(37)41)38-21-10-22-40-43(38)39-26-24-28-12-2-4-14-30(28)44(39)45-40/h2*3-30H,1-2H3;1-26H/i5D,6D,7D,8D,18D,19D,20D,21D;2*5D,6D,7D,8D,15D,16D,17D,18D. The predicted octanol–water partition coefficient (Wildman–Crippen LogP) is 41.4. The molecule has 3 aromatic heterocycles. The fourth-order valence-electron chi connectivity index (χ4n) is 24.6. The van der Waals surface area contributed by atoms with Gasteiger partial charge in [-0.2, -0.15) is 0 Å². The van der Waals surface area contributed by atoms with Crippen LogP contribution in [0.5, 0.6) is 0 Å². The quantitative estimate of drug-likeness (QED) is 0.112. The maximum atomic E-state index is 9.55. The molecule has 2 aliphatic rings. The first-order chi connectivity index (χ1) is 83.4. The minimum absolute atomic E-state index is 0.131. The van der Waals surface area contributed by atoms with Crippen molar-refractivity contribution in [3.63, 3.8) is 0 Å². The molecule has 0 amide bonds. The molecular formula is C146H94O3. The zero-order valence-electron chi connectivity index (χ0n) is 105. The number of hydrogen-bond donors (Lipinski definition) is 0. The Labute approximate surface area is 894 Å². The van der Waals surface area contributed by atoms with E-state index in [-0.39, 0.29) is 148 Å². The second-order valence-corrected chi connectivity index (χ2v) is 39.8. The van der Waals surface area contributed by atoms with Crippen molar-refractivity contribution >= 4 is 184 Å². The van der Waals surface area contributed by atoms with Crippen molar-refractivity contribution in [2.75, 3.05) is 0 Å².